The van der Waals surface area contributed by atoms with Crippen LogP contribution in [-0.2, 0) is 20.9 Å². The van der Waals surface area contributed by atoms with Crippen LogP contribution in [-0.4, -0.2) is 94.4 Å². The molecule has 3 aromatic heterocycles. The number of halogens is 1. The first-order valence-corrected chi connectivity index (χ1v) is 17.2. The molecule has 7 rings (SSSR count). The van der Waals surface area contributed by atoms with E-state index in [1.54, 1.807) is 28.0 Å². The maximum Gasteiger partial charge on any atom is 0.320 e. The Hall–Kier alpha value is -4.56. The van der Waals surface area contributed by atoms with E-state index in [-0.39, 0.29) is 35.9 Å². The van der Waals surface area contributed by atoms with Gasteiger partial charge in [-0.05, 0) is 104 Å². The van der Waals surface area contributed by atoms with Gasteiger partial charge < -0.3 is 15.3 Å². The molecule has 0 unspecified atom stereocenters. The molecular formula is C35H37BrN8O5. The molecule has 1 aromatic carbocycles. The predicted octanol–water partition coefficient (Wildman–Crippen LogP) is 4.33. The average Bonchev–Trinajstić information content (AvgIpc) is 3.35. The SMILES string of the molecule is CC(=O)c1nn(CC(=O)N2[C@H](C(=O)Nc3nc(Br)ccc3C)C[C@@]3(CN4CCC[C@H]4C(=O)O)C[C@@H]23)c2c(C)cc(-c3cnc(C)nc3)cc12. The summed E-state index contributed by atoms with van der Waals surface area (Å²) in [6, 6.07) is 5.88. The number of fused-ring (bicyclic) bond motifs is 2. The first kappa shape index (κ1) is 33.0. The number of nitrogens with zero attached hydrogens (tertiary/aromatic N) is 7. The quantitative estimate of drug-likeness (QED) is 0.187. The van der Waals surface area contributed by atoms with E-state index in [2.05, 4.69) is 41.3 Å². The summed E-state index contributed by atoms with van der Waals surface area (Å²) in [4.78, 5) is 69.9. The summed E-state index contributed by atoms with van der Waals surface area (Å²) in [5.74, 6) is -0.668. The number of pyridine rings is 1. The second kappa shape index (κ2) is 12.4. The molecule has 0 radical (unpaired) electrons. The number of likely N-dealkylation sites (tertiary alicyclic amines) is 2. The highest BCUT2D eigenvalue weighted by Gasteiger charge is 2.67. The number of carbonyl (C=O) groups excluding carboxylic acids is 3. The lowest BCUT2D eigenvalue weighted by Gasteiger charge is -2.27. The number of rotatable bonds is 9. The van der Waals surface area contributed by atoms with Gasteiger partial charge in [-0.3, -0.25) is 28.8 Å². The van der Waals surface area contributed by atoms with Gasteiger partial charge in [0, 0.05) is 48.3 Å². The molecule has 3 aliphatic rings. The van der Waals surface area contributed by atoms with Crippen LogP contribution in [0.2, 0.25) is 0 Å². The zero-order chi connectivity index (χ0) is 34.8. The van der Waals surface area contributed by atoms with Crippen LogP contribution >= 0.6 is 15.9 Å². The van der Waals surface area contributed by atoms with E-state index in [1.165, 1.54) is 6.92 Å². The number of ketones is 1. The van der Waals surface area contributed by atoms with Gasteiger partial charge in [0.1, 0.15) is 40.6 Å². The summed E-state index contributed by atoms with van der Waals surface area (Å²) >= 11 is 3.37. The summed E-state index contributed by atoms with van der Waals surface area (Å²) < 4.78 is 2.14. The van der Waals surface area contributed by atoms with Gasteiger partial charge >= 0.3 is 5.97 Å². The molecule has 1 saturated carbocycles. The third-order valence-electron chi connectivity index (χ3n) is 10.2. The molecule has 1 aliphatic carbocycles. The molecule has 2 N–H and O–H groups in total. The molecule has 49 heavy (non-hydrogen) atoms. The summed E-state index contributed by atoms with van der Waals surface area (Å²) in [7, 11) is 0. The smallest absolute Gasteiger partial charge is 0.320 e. The number of piperidine rings is 1. The van der Waals surface area contributed by atoms with Crippen molar-refractivity contribution in [1.29, 1.82) is 0 Å². The van der Waals surface area contributed by atoms with E-state index < -0.39 is 23.5 Å². The Kier molecular flexibility index (Phi) is 8.34. The lowest BCUT2D eigenvalue weighted by Crippen LogP contribution is -2.47. The summed E-state index contributed by atoms with van der Waals surface area (Å²) in [5, 5.41) is 18.0. The molecule has 0 spiro atoms. The van der Waals surface area contributed by atoms with Gasteiger partial charge in [0.25, 0.3) is 0 Å². The van der Waals surface area contributed by atoms with Gasteiger partial charge in [-0.25, -0.2) is 15.0 Å². The minimum Gasteiger partial charge on any atom is -0.480 e. The number of nitrogens with one attached hydrogen (secondary N) is 1. The summed E-state index contributed by atoms with van der Waals surface area (Å²) in [6.07, 6.45) is 5.93. The van der Waals surface area contributed by atoms with E-state index in [0.29, 0.717) is 59.5 Å². The number of aliphatic carboxylic acids is 1. The number of carbonyl (C=O) groups is 4. The van der Waals surface area contributed by atoms with Crippen LogP contribution in [0.5, 0.6) is 0 Å². The lowest BCUT2D eigenvalue weighted by atomic mass is 9.97. The molecule has 2 aliphatic heterocycles. The van der Waals surface area contributed by atoms with Gasteiger partial charge in [-0.1, -0.05) is 6.07 Å². The molecule has 254 valence electrons. The van der Waals surface area contributed by atoms with Crippen molar-refractivity contribution in [2.24, 2.45) is 5.41 Å². The van der Waals surface area contributed by atoms with E-state index in [4.69, 9.17) is 0 Å². The van der Waals surface area contributed by atoms with Crippen molar-refractivity contribution >= 4 is 56.2 Å². The molecular weight excluding hydrogens is 692 g/mol. The van der Waals surface area contributed by atoms with Gasteiger partial charge in [-0.15, -0.1) is 0 Å². The van der Waals surface area contributed by atoms with Crippen LogP contribution in [0, 0.1) is 26.2 Å². The normalized spacial score (nSPS) is 23.1. The minimum atomic E-state index is -0.845. The Bertz CT molecular complexity index is 2030. The maximum atomic E-state index is 14.4. The van der Waals surface area contributed by atoms with E-state index >= 15 is 0 Å². The number of hydrogen-bond donors (Lipinski definition) is 2. The average molecular weight is 730 g/mol. The molecule has 3 fully saturated rings. The van der Waals surface area contributed by atoms with Crippen molar-refractivity contribution in [3.05, 3.63) is 63.9 Å². The fourth-order valence-corrected chi connectivity index (χ4v) is 8.10. The Morgan fingerprint density at radius 1 is 1.02 bits per heavy atom. The molecule has 14 heteroatoms. The standard InChI is InChI=1S/C35H37BrN8O5/c1-18-7-8-28(36)39-32(18)40-33(47)26-12-35(17-42-9-5-6-25(42)34(48)49)13-27(35)44(26)29(46)16-43-31-19(2)10-22(23-14-37-21(4)38-15-23)11-24(31)30(41-43)20(3)45/h7-8,10-11,14-15,25-27H,5-6,9,12-13,16-17H2,1-4H3,(H,48,49)(H,39,40,47)/t25-,26-,27+,35-/m0/s1. The largest absolute Gasteiger partial charge is 0.480 e. The topological polar surface area (TPSA) is 164 Å². The number of amides is 2. The number of Topliss-reactive ketones (excluding diaryl/α,β-unsaturated/α-hetero) is 1. The molecule has 4 atom stereocenters. The van der Waals surface area contributed by atoms with E-state index in [0.717, 1.165) is 28.7 Å². The van der Waals surface area contributed by atoms with Crippen molar-refractivity contribution in [3.8, 4) is 11.1 Å². The zero-order valence-corrected chi connectivity index (χ0v) is 29.3. The second-order valence-electron chi connectivity index (χ2n) is 13.6. The second-order valence-corrected chi connectivity index (χ2v) is 14.4. The van der Waals surface area contributed by atoms with Gasteiger partial charge in [-0.2, -0.15) is 5.10 Å². The lowest BCUT2D eigenvalue weighted by molar-refractivity contribution is -0.142. The first-order valence-electron chi connectivity index (χ1n) is 16.4. The third-order valence-corrected chi connectivity index (χ3v) is 10.7. The fourth-order valence-electron chi connectivity index (χ4n) is 7.79. The van der Waals surface area contributed by atoms with E-state index in [9.17, 15) is 24.3 Å². The van der Waals surface area contributed by atoms with Crippen molar-refractivity contribution in [2.75, 3.05) is 18.4 Å². The van der Waals surface area contributed by atoms with Crippen molar-refractivity contribution < 1.29 is 24.3 Å². The van der Waals surface area contributed by atoms with Crippen LogP contribution in [0.4, 0.5) is 5.82 Å². The third kappa shape index (κ3) is 6.01. The van der Waals surface area contributed by atoms with Gasteiger partial charge in [0.2, 0.25) is 11.8 Å². The molecule has 2 amide bonds. The predicted molar refractivity (Wildman–Crippen MR) is 184 cm³/mol. The molecule has 2 saturated heterocycles. The van der Waals surface area contributed by atoms with Crippen LogP contribution in [0.3, 0.4) is 0 Å². The monoisotopic (exact) mass is 728 g/mol. The fraction of sp³-hybridized carbons (Fsp3) is 0.429. The summed E-state index contributed by atoms with van der Waals surface area (Å²) in [6.45, 7) is 8.01. The zero-order valence-electron chi connectivity index (χ0n) is 27.7. The number of aryl methyl sites for hydroxylation is 3. The summed E-state index contributed by atoms with van der Waals surface area (Å²) in [5.41, 5.74) is 3.74. The van der Waals surface area contributed by atoms with Crippen molar-refractivity contribution in [1.82, 2.24) is 34.5 Å². The number of carboxylic acids is 1. The Balaban J connectivity index is 1.22. The van der Waals surface area contributed by atoms with Crippen LogP contribution in [0.1, 0.15) is 60.0 Å². The number of benzene rings is 1. The Labute approximate surface area is 291 Å². The molecule has 4 aromatic rings. The number of aromatic nitrogens is 5. The molecule has 13 nitrogen and oxygen atoms in total. The van der Waals surface area contributed by atoms with Crippen LogP contribution in [0.15, 0.2) is 41.3 Å². The van der Waals surface area contributed by atoms with Crippen LogP contribution < -0.4 is 5.32 Å². The van der Waals surface area contributed by atoms with Gasteiger partial charge in [0.05, 0.1) is 5.52 Å². The Morgan fingerprint density at radius 3 is 2.49 bits per heavy atom. The number of carboxylic acid groups (broad SMARTS) is 1. The van der Waals surface area contributed by atoms with E-state index in [1.807, 2.05) is 43.9 Å². The first-order chi connectivity index (χ1) is 23.3. The highest BCUT2D eigenvalue weighted by Crippen LogP contribution is 2.60. The van der Waals surface area contributed by atoms with Crippen molar-refractivity contribution in [2.45, 2.75) is 78.0 Å². The maximum absolute atomic E-state index is 14.4. The van der Waals surface area contributed by atoms with Crippen LogP contribution in [0.25, 0.3) is 22.0 Å². The highest BCUT2D eigenvalue weighted by atomic mass is 79.9. The van der Waals surface area contributed by atoms with Crippen molar-refractivity contribution in [3.63, 3.8) is 0 Å². The molecule has 0 bridgehead atoms. The minimum absolute atomic E-state index is 0.177. The molecule has 5 heterocycles. The number of hydrogen-bond acceptors (Lipinski definition) is 9. The highest BCUT2D eigenvalue weighted by molar-refractivity contribution is 9.10. The van der Waals surface area contributed by atoms with Gasteiger partial charge in [0.15, 0.2) is 5.78 Å². The Morgan fingerprint density at radius 2 is 1.78 bits per heavy atom. The number of anilines is 1.